The van der Waals surface area contributed by atoms with Crippen LogP contribution < -0.4 is 14.8 Å². The second-order valence-electron chi connectivity index (χ2n) is 5.50. The van der Waals surface area contributed by atoms with Gasteiger partial charge in [-0.25, -0.2) is 0 Å². The quantitative estimate of drug-likeness (QED) is 0.700. The van der Waals surface area contributed by atoms with E-state index in [1.54, 1.807) is 32.4 Å². The zero-order chi connectivity index (χ0) is 18.9. The summed E-state index contributed by atoms with van der Waals surface area (Å²) in [5, 5.41) is 11.5. The van der Waals surface area contributed by atoms with E-state index < -0.39 is 5.97 Å². The third kappa shape index (κ3) is 6.00. The molecule has 26 heavy (non-hydrogen) atoms. The first-order chi connectivity index (χ1) is 12.5. The minimum absolute atomic E-state index is 0.0515. The fourth-order valence-corrected chi connectivity index (χ4v) is 3.07. The molecule has 1 amide bonds. The topological polar surface area (TPSA) is 84.9 Å². The Hall–Kier alpha value is -2.67. The number of amides is 1. The molecule has 0 aromatic heterocycles. The van der Waals surface area contributed by atoms with Crippen LogP contribution in [0.4, 0.5) is 5.69 Å². The van der Waals surface area contributed by atoms with Crippen molar-refractivity contribution >= 4 is 29.3 Å². The molecule has 2 aromatic rings. The van der Waals surface area contributed by atoms with Crippen molar-refractivity contribution in [3.8, 4) is 11.5 Å². The van der Waals surface area contributed by atoms with E-state index >= 15 is 0 Å². The van der Waals surface area contributed by atoms with Crippen LogP contribution >= 0.6 is 11.8 Å². The highest BCUT2D eigenvalue weighted by Gasteiger charge is 2.09. The number of carbonyl (C=O) groups is 2. The number of hydrogen-bond acceptors (Lipinski definition) is 5. The summed E-state index contributed by atoms with van der Waals surface area (Å²) < 4.78 is 10.4. The van der Waals surface area contributed by atoms with Crippen LogP contribution in [0.5, 0.6) is 11.5 Å². The molecule has 0 saturated carbocycles. The number of thioether (sulfide) groups is 1. The highest BCUT2D eigenvalue weighted by Crippen LogP contribution is 2.27. The van der Waals surface area contributed by atoms with Crippen molar-refractivity contribution in [1.29, 1.82) is 0 Å². The zero-order valence-corrected chi connectivity index (χ0v) is 15.5. The van der Waals surface area contributed by atoms with Gasteiger partial charge in [-0.2, -0.15) is 0 Å². The van der Waals surface area contributed by atoms with E-state index in [1.165, 1.54) is 11.8 Å². The highest BCUT2D eigenvalue weighted by atomic mass is 32.2. The van der Waals surface area contributed by atoms with Gasteiger partial charge in [-0.05, 0) is 35.4 Å². The van der Waals surface area contributed by atoms with Crippen LogP contribution in [0.2, 0.25) is 0 Å². The van der Waals surface area contributed by atoms with E-state index in [2.05, 4.69) is 5.32 Å². The number of aliphatic carboxylic acids is 1. The van der Waals surface area contributed by atoms with Crippen LogP contribution in [-0.4, -0.2) is 37.0 Å². The van der Waals surface area contributed by atoms with Crippen molar-refractivity contribution in [2.24, 2.45) is 0 Å². The first-order valence-corrected chi connectivity index (χ1v) is 9.06. The number of methoxy groups -OCH3 is 2. The first kappa shape index (κ1) is 19.7. The lowest BCUT2D eigenvalue weighted by molar-refractivity contribution is -0.133. The summed E-state index contributed by atoms with van der Waals surface area (Å²) in [6.07, 6.45) is 0.207. The van der Waals surface area contributed by atoms with Gasteiger partial charge in [0.05, 0.1) is 26.4 Å². The number of carboxylic acid groups (broad SMARTS) is 1. The minimum Gasteiger partial charge on any atom is -0.493 e. The van der Waals surface area contributed by atoms with E-state index in [0.29, 0.717) is 22.9 Å². The van der Waals surface area contributed by atoms with Crippen molar-refractivity contribution < 1.29 is 24.2 Å². The summed E-state index contributed by atoms with van der Waals surface area (Å²) in [4.78, 5) is 22.9. The Morgan fingerprint density at radius 3 is 2.50 bits per heavy atom. The minimum atomic E-state index is -0.839. The molecule has 2 rings (SSSR count). The lowest BCUT2D eigenvalue weighted by atomic mass is 10.1. The second-order valence-corrected chi connectivity index (χ2v) is 6.49. The van der Waals surface area contributed by atoms with Crippen LogP contribution in [0.15, 0.2) is 42.5 Å². The monoisotopic (exact) mass is 375 g/mol. The summed E-state index contributed by atoms with van der Waals surface area (Å²) >= 11 is 1.31. The number of benzene rings is 2. The molecular formula is C19H21NO5S. The molecule has 0 bridgehead atoms. The number of rotatable bonds is 9. The number of anilines is 1. The third-order valence-electron chi connectivity index (χ3n) is 3.52. The normalized spacial score (nSPS) is 10.2. The van der Waals surface area contributed by atoms with Gasteiger partial charge >= 0.3 is 5.97 Å². The Balaban J connectivity index is 1.96. The molecule has 6 nitrogen and oxygen atoms in total. The molecule has 0 aliphatic carbocycles. The summed E-state index contributed by atoms with van der Waals surface area (Å²) in [5.41, 5.74) is 2.46. The average Bonchev–Trinajstić information content (AvgIpc) is 2.61. The Labute approximate surface area is 156 Å². The number of nitrogens with one attached hydrogen (secondary N) is 1. The maximum absolute atomic E-state index is 12.3. The van der Waals surface area contributed by atoms with E-state index in [9.17, 15) is 9.59 Å². The van der Waals surface area contributed by atoms with Crippen LogP contribution in [-0.2, 0) is 21.8 Å². The van der Waals surface area contributed by atoms with Crippen molar-refractivity contribution in [3.63, 3.8) is 0 Å². The lowest BCUT2D eigenvalue weighted by Gasteiger charge is -2.10. The van der Waals surface area contributed by atoms with Crippen LogP contribution in [0, 0.1) is 0 Å². The van der Waals surface area contributed by atoms with Gasteiger partial charge in [0.25, 0.3) is 0 Å². The summed E-state index contributed by atoms with van der Waals surface area (Å²) in [6, 6.07) is 12.7. The second kappa shape index (κ2) is 9.72. The average molecular weight is 375 g/mol. The van der Waals surface area contributed by atoms with Crippen LogP contribution in [0.1, 0.15) is 11.1 Å². The van der Waals surface area contributed by atoms with E-state index in [1.807, 2.05) is 24.3 Å². The standard InChI is InChI=1S/C19H21NO5S/c1-24-16-7-6-13(9-17(16)25-2)10-18(21)20-15-5-3-4-14(8-15)11-26-12-19(22)23/h3-9H,10-12H2,1-2H3,(H,20,21)(H,22,23). The largest absolute Gasteiger partial charge is 0.493 e. The van der Waals surface area contributed by atoms with Gasteiger partial charge in [0.15, 0.2) is 11.5 Å². The molecule has 2 N–H and O–H groups in total. The highest BCUT2D eigenvalue weighted by molar-refractivity contribution is 7.99. The predicted octanol–water partition coefficient (Wildman–Crippen LogP) is 3.20. The zero-order valence-electron chi connectivity index (χ0n) is 14.7. The van der Waals surface area contributed by atoms with E-state index in [0.717, 1.165) is 11.1 Å². The molecule has 7 heteroatoms. The Kier molecular flexibility index (Phi) is 7.35. The Morgan fingerprint density at radius 1 is 1.04 bits per heavy atom. The smallest absolute Gasteiger partial charge is 0.313 e. The molecule has 138 valence electrons. The molecule has 0 spiro atoms. The van der Waals surface area contributed by atoms with Gasteiger partial charge in [-0.1, -0.05) is 18.2 Å². The SMILES string of the molecule is COc1ccc(CC(=O)Nc2cccc(CSCC(=O)O)c2)cc1OC. The summed E-state index contributed by atoms with van der Waals surface area (Å²) in [5.74, 6) is 0.835. The van der Waals surface area contributed by atoms with Gasteiger partial charge in [-0.3, -0.25) is 9.59 Å². The maximum atomic E-state index is 12.3. The van der Waals surface area contributed by atoms with Crippen molar-refractivity contribution in [3.05, 3.63) is 53.6 Å². The fourth-order valence-electron chi connectivity index (χ4n) is 2.38. The molecule has 0 atom stereocenters. The van der Waals surface area contributed by atoms with Gasteiger partial charge in [0, 0.05) is 11.4 Å². The van der Waals surface area contributed by atoms with Gasteiger partial charge < -0.3 is 19.9 Å². The Bertz CT molecular complexity index is 778. The fraction of sp³-hybridized carbons (Fsp3) is 0.263. The molecule has 0 aliphatic rings. The van der Waals surface area contributed by atoms with Gasteiger partial charge in [0.1, 0.15) is 0 Å². The molecule has 0 fully saturated rings. The third-order valence-corrected chi connectivity index (χ3v) is 4.51. The van der Waals surface area contributed by atoms with Crippen LogP contribution in [0.25, 0.3) is 0 Å². The number of hydrogen-bond donors (Lipinski definition) is 2. The number of carboxylic acids is 1. The first-order valence-electron chi connectivity index (χ1n) is 7.91. The predicted molar refractivity (Wildman–Crippen MR) is 102 cm³/mol. The van der Waals surface area contributed by atoms with Crippen molar-refractivity contribution in [2.75, 3.05) is 25.3 Å². The van der Waals surface area contributed by atoms with Crippen LogP contribution in [0.3, 0.4) is 0 Å². The molecule has 0 unspecified atom stereocenters. The van der Waals surface area contributed by atoms with E-state index in [4.69, 9.17) is 14.6 Å². The molecule has 0 aliphatic heterocycles. The van der Waals surface area contributed by atoms with Gasteiger partial charge in [0.2, 0.25) is 5.91 Å². The molecular weight excluding hydrogens is 354 g/mol. The number of ether oxygens (including phenoxy) is 2. The summed E-state index contributed by atoms with van der Waals surface area (Å²) in [6.45, 7) is 0. The molecule has 0 radical (unpaired) electrons. The lowest BCUT2D eigenvalue weighted by Crippen LogP contribution is -2.14. The maximum Gasteiger partial charge on any atom is 0.313 e. The molecule has 0 heterocycles. The van der Waals surface area contributed by atoms with Crippen molar-refractivity contribution in [1.82, 2.24) is 0 Å². The molecule has 2 aromatic carbocycles. The van der Waals surface area contributed by atoms with Crippen molar-refractivity contribution in [2.45, 2.75) is 12.2 Å². The Morgan fingerprint density at radius 2 is 1.81 bits per heavy atom. The number of carbonyl (C=O) groups excluding carboxylic acids is 1. The summed E-state index contributed by atoms with van der Waals surface area (Å²) in [7, 11) is 3.11. The van der Waals surface area contributed by atoms with Gasteiger partial charge in [-0.15, -0.1) is 11.8 Å². The van der Waals surface area contributed by atoms with E-state index in [-0.39, 0.29) is 18.1 Å². The molecule has 0 saturated heterocycles.